The highest BCUT2D eigenvalue weighted by atomic mass is 35.5. The maximum absolute atomic E-state index is 12.9. The quantitative estimate of drug-likeness (QED) is 0.250. The van der Waals surface area contributed by atoms with Crippen molar-refractivity contribution in [3.8, 4) is 17.0 Å². The van der Waals surface area contributed by atoms with E-state index in [1.807, 2.05) is 4.90 Å². The highest BCUT2D eigenvalue weighted by Gasteiger charge is 2.33. The fourth-order valence-electron chi connectivity index (χ4n) is 4.32. The van der Waals surface area contributed by atoms with E-state index in [0.717, 1.165) is 19.6 Å². The maximum atomic E-state index is 12.9. The Morgan fingerprint density at radius 3 is 2.47 bits per heavy atom. The molecule has 0 saturated carbocycles. The van der Waals surface area contributed by atoms with Crippen molar-refractivity contribution in [2.24, 2.45) is 7.05 Å². The minimum absolute atomic E-state index is 0.0668. The molecule has 0 radical (unpaired) electrons. The minimum atomic E-state index is -4.88. The summed E-state index contributed by atoms with van der Waals surface area (Å²) >= 11 is 12.4. The number of aryl methyl sites for hydroxylation is 1. The van der Waals surface area contributed by atoms with Crippen molar-refractivity contribution in [3.05, 3.63) is 63.7 Å². The molecule has 0 bridgehead atoms. The van der Waals surface area contributed by atoms with Crippen LogP contribution in [0.25, 0.3) is 11.3 Å². The van der Waals surface area contributed by atoms with Gasteiger partial charge in [0.1, 0.15) is 21.5 Å². The first-order valence-electron chi connectivity index (χ1n) is 11.7. The third-order valence-corrected chi connectivity index (χ3v) is 6.55. The molecule has 0 aliphatic carbocycles. The van der Waals surface area contributed by atoms with Crippen molar-refractivity contribution in [1.29, 1.82) is 0 Å². The van der Waals surface area contributed by atoms with Crippen LogP contribution in [0.2, 0.25) is 10.0 Å². The lowest BCUT2D eigenvalue weighted by atomic mass is 10.1. The van der Waals surface area contributed by atoms with E-state index in [0.29, 0.717) is 46.5 Å². The van der Waals surface area contributed by atoms with E-state index in [9.17, 15) is 23.2 Å². The minimum Gasteiger partial charge on any atom is -0.619 e. The number of benzene rings is 1. The number of alkyl halides is 3. The molecule has 1 fully saturated rings. The molecular formula is C24H25Cl2F3N6O3. The van der Waals surface area contributed by atoms with Crippen LogP contribution in [0.1, 0.15) is 16.8 Å². The van der Waals surface area contributed by atoms with Gasteiger partial charge in [-0.25, -0.2) is 0 Å². The molecule has 4 rings (SSSR count). The number of para-hydroxylation sites is 1. The first-order chi connectivity index (χ1) is 18.0. The largest absolute Gasteiger partial charge is 0.619 e. The predicted octanol–water partition coefficient (Wildman–Crippen LogP) is 3.87. The highest BCUT2D eigenvalue weighted by molar-refractivity contribution is 6.38. The molecule has 3 aromatic rings. The van der Waals surface area contributed by atoms with E-state index < -0.39 is 18.0 Å². The SMILES string of the molecule is Cn1cc(C(=O)NCCCN2CCN(c3c(Cl)c[n+]([O-])cc3Cl)CC2)c(-c2ccccc2OC(F)(F)F)n1. The summed E-state index contributed by atoms with van der Waals surface area (Å²) in [6.45, 7) is 3.94. The Bertz CT molecular complexity index is 1270. The number of piperazine rings is 1. The Balaban J connectivity index is 1.30. The molecule has 1 amide bonds. The van der Waals surface area contributed by atoms with Crippen LogP contribution in [-0.4, -0.2) is 66.2 Å². The van der Waals surface area contributed by atoms with Crippen molar-refractivity contribution in [2.75, 3.05) is 44.2 Å². The Morgan fingerprint density at radius 2 is 1.82 bits per heavy atom. The van der Waals surface area contributed by atoms with Gasteiger partial charge >= 0.3 is 6.36 Å². The first-order valence-corrected chi connectivity index (χ1v) is 12.5. The Morgan fingerprint density at radius 1 is 1.16 bits per heavy atom. The normalized spacial score (nSPS) is 14.5. The molecule has 1 aliphatic heterocycles. The van der Waals surface area contributed by atoms with Crippen molar-refractivity contribution < 1.29 is 27.4 Å². The van der Waals surface area contributed by atoms with Crippen LogP contribution < -0.4 is 19.7 Å². The predicted molar refractivity (Wildman–Crippen MR) is 136 cm³/mol. The van der Waals surface area contributed by atoms with Crippen LogP contribution in [0, 0.1) is 5.21 Å². The lowest BCUT2D eigenvalue weighted by molar-refractivity contribution is -0.605. The number of halogens is 5. The standard InChI is InChI=1S/C24H25Cl2F3N6O3/c1-32-13-17(21(31-32)16-5-2-3-6-20(16)38-24(27,28)29)23(36)30-7-4-8-33-9-11-34(12-10-33)22-18(25)14-35(37)15-19(22)26/h2-3,5-6,13-15H,4,7-12H2,1H3,(H,30,36). The number of amides is 1. The summed E-state index contributed by atoms with van der Waals surface area (Å²) in [6.07, 6.45) is -0.209. The van der Waals surface area contributed by atoms with Crippen molar-refractivity contribution in [1.82, 2.24) is 20.0 Å². The zero-order chi connectivity index (χ0) is 27.4. The van der Waals surface area contributed by atoms with Crippen molar-refractivity contribution in [3.63, 3.8) is 0 Å². The molecule has 0 unspecified atom stereocenters. The molecule has 3 heterocycles. The summed E-state index contributed by atoms with van der Waals surface area (Å²) in [5.41, 5.74) is 0.955. The summed E-state index contributed by atoms with van der Waals surface area (Å²) < 4.78 is 44.7. The van der Waals surface area contributed by atoms with Gasteiger partial charge in [0, 0.05) is 51.5 Å². The average molecular weight is 573 g/mol. The van der Waals surface area contributed by atoms with E-state index in [1.54, 1.807) is 13.1 Å². The molecule has 1 saturated heterocycles. The van der Waals surface area contributed by atoms with E-state index >= 15 is 0 Å². The van der Waals surface area contributed by atoms with Gasteiger partial charge < -0.3 is 20.2 Å². The fraction of sp³-hybridized carbons (Fsp3) is 0.375. The smallest absolute Gasteiger partial charge is 0.573 e. The molecule has 14 heteroatoms. The third kappa shape index (κ3) is 6.80. The van der Waals surface area contributed by atoms with Gasteiger partial charge in [-0.1, -0.05) is 35.3 Å². The molecule has 9 nitrogen and oxygen atoms in total. The van der Waals surface area contributed by atoms with Gasteiger partial charge in [-0.05, 0) is 25.1 Å². The maximum Gasteiger partial charge on any atom is 0.573 e. The molecule has 0 atom stereocenters. The first kappa shape index (κ1) is 27.8. The molecule has 38 heavy (non-hydrogen) atoms. The summed E-state index contributed by atoms with van der Waals surface area (Å²) in [6, 6.07) is 5.57. The van der Waals surface area contributed by atoms with Gasteiger partial charge in [0.05, 0.1) is 11.3 Å². The van der Waals surface area contributed by atoms with Gasteiger partial charge in [0.15, 0.2) is 0 Å². The zero-order valence-electron chi connectivity index (χ0n) is 20.3. The second-order valence-electron chi connectivity index (χ2n) is 8.71. The summed E-state index contributed by atoms with van der Waals surface area (Å²) in [5, 5.41) is 19.1. The zero-order valence-corrected chi connectivity index (χ0v) is 21.9. The Labute approximate surface area is 226 Å². The van der Waals surface area contributed by atoms with E-state index in [4.69, 9.17) is 23.2 Å². The van der Waals surface area contributed by atoms with Gasteiger partial charge in [0.2, 0.25) is 12.4 Å². The summed E-state index contributed by atoms with van der Waals surface area (Å²) in [4.78, 5) is 17.2. The van der Waals surface area contributed by atoms with Gasteiger partial charge in [-0.3, -0.25) is 14.4 Å². The van der Waals surface area contributed by atoms with Crippen LogP contribution in [0.4, 0.5) is 18.9 Å². The number of aromatic nitrogens is 3. The number of hydrogen-bond acceptors (Lipinski definition) is 6. The number of rotatable bonds is 8. The number of carbonyl (C=O) groups is 1. The fourth-order valence-corrected chi connectivity index (χ4v) is 5.01. The second kappa shape index (κ2) is 11.7. The number of carbonyl (C=O) groups excluding carboxylic acids is 1. The Hall–Kier alpha value is -3.22. The monoisotopic (exact) mass is 572 g/mol. The van der Waals surface area contributed by atoms with Crippen LogP contribution in [-0.2, 0) is 7.05 Å². The van der Waals surface area contributed by atoms with Gasteiger partial charge in [-0.2, -0.15) is 9.83 Å². The van der Waals surface area contributed by atoms with E-state index in [-0.39, 0.29) is 16.8 Å². The molecule has 1 aromatic carbocycles. The number of anilines is 1. The highest BCUT2D eigenvalue weighted by Crippen LogP contribution is 2.35. The molecule has 2 aromatic heterocycles. The number of nitrogens with zero attached hydrogens (tertiary/aromatic N) is 5. The third-order valence-electron chi connectivity index (χ3n) is 6.00. The van der Waals surface area contributed by atoms with Crippen LogP contribution >= 0.6 is 23.2 Å². The van der Waals surface area contributed by atoms with Crippen molar-refractivity contribution >= 4 is 34.8 Å². The van der Waals surface area contributed by atoms with E-state index in [1.165, 1.54) is 41.5 Å². The molecule has 0 spiro atoms. The van der Waals surface area contributed by atoms with Crippen LogP contribution in [0.15, 0.2) is 42.9 Å². The number of pyridine rings is 1. The van der Waals surface area contributed by atoms with E-state index in [2.05, 4.69) is 20.1 Å². The summed E-state index contributed by atoms with van der Waals surface area (Å²) in [5.74, 6) is -0.874. The molecule has 1 N–H and O–H groups in total. The lowest BCUT2D eigenvalue weighted by Gasteiger charge is -2.36. The molecular weight excluding hydrogens is 548 g/mol. The lowest BCUT2D eigenvalue weighted by Crippen LogP contribution is -2.47. The Kier molecular flexibility index (Phi) is 8.54. The van der Waals surface area contributed by atoms with Gasteiger partial charge in [0.25, 0.3) is 5.91 Å². The van der Waals surface area contributed by atoms with Gasteiger partial charge in [-0.15, -0.1) is 13.2 Å². The second-order valence-corrected chi connectivity index (χ2v) is 9.52. The summed E-state index contributed by atoms with van der Waals surface area (Å²) in [7, 11) is 1.58. The number of ether oxygens (including phenoxy) is 1. The van der Waals surface area contributed by atoms with Crippen LogP contribution in [0.5, 0.6) is 5.75 Å². The topological polar surface area (TPSA) is 89.6 Å². The molecule has 1 aliphatic rings. The molecule has 204 valence electrons. The number of nitrogens with one attached hydrogen (secondary N) is 1. The van der Waals surface area contributed by atoms with Crippen molar-refractivity contribution in [2.45, 2.75) is 12.8 Å². The average Bonchev–Trinajstić information content (AvgIpc) is 3.23. The number of hydrogen-bond donors (Lipinski definition) is 1. The van der Waals surface area contributed by atoms with Crippen LogP contribution in [0.3, 0.4) is 0 Å².